The summed E-state index contributed by atoms with van der Waals surface area (Å²) in [5.41, 5.74) is 0. The molecule has 1 N–H and O–H groups in total. The van der Waals surface area contributed by atoms with Gasteiger partial charge in [0.15, 0.2) is 5.82 Å². The number of nitrogens with zero attached hydrogens (tertiary/aromatic N) is 5. The average Bonchev–Trinajstić information content (AvgIpc) is 2.59. The van der Waals surface area contributed by atoms with E-state index < -0.39 is 0 Å². The molecule has 0 fully saturated rings. The summed E-state index contributed by atoms with van der Waals surface area (Å²) in [5.74, 6) is 0.685. The van der Waals surface area contributed by atoms with Crippen LogP contribution in [-0.4, -0.2) is 30.2 Å². The Labute approximate surface area is 55.9 Å². The maximum absolute atomic E-state index is 3.81. The van der Waals surface area contributed by atoms with Crippen LogP contribution in [0.25, 0.3) is 5.82 Å². The fourth-order valence-corrected chi connectivity index (χ4v) is 0.639. The lowest BCUT2D eigenvalue weighted by Crippen LogP contribution is -1.88. The molecule has 2 aromatic rings. The van der Waals surface area contributed by atoms with Crippen molar-refractivity contribution in [2.75, 3.05) is 0 Å². The first-order valence-corrected chi connectivity index (χ1v) is 2.67. The van der Waals surface area contributed by atoms with E-state index in [2.05, 4.69) is 25.6 Å². The van der Waals surface area contributed by atoms with Gasteiger partial charge < -0.3 is 0 Å². The van der Waals surface area contributed by atoms with E-state index in [0.29, 0.717) is 5.82 Å². The Balaban J connectivity index is 2.48. The van der Waals surface area contributed by atoms with Crippen LogP contribution in [0.5, 0.6) is 0 Å². The second-order valence-corrected chi connectivity index (χ2v) is 1.70. The van der Waals surface area contributed by atoms with Crippen molar-refractivity contribution >= 4 is 0 Å². The first-order valence-electron chi connectivity index (χ1n) is 2.67. The zero-order valence-corrected chi connectivity index (χ0v) is 4.97. The molecule has 50 valence electrons. The number of rotatable bonds is 1. The summed E-state index contributed by atoms with van der Waals surface area (Å²) in [4.78, 5) is 0. The van der Waals surface area contributed by atoms with Crippen molar-refractivity contribution in [1.82, 2.24) is 30.2 Å². The Hall–Kier alpha value is -1.72. The van der Waals surface area contributed by atoms with Crippen LogP contribution < -0.4 is 0 Å². The molecule has 0 aliphatic carbocycles. The zero-order valence-electron chi connectivity index (χ0n) is 4.97. The van der Waals surface area contributed by atoms with Gasteiger partial charge in [-0.1, -0.05) is 0 Å². The average molecular weight is 136 g/mol. The fourth-order valence-electron chi connectivity index (χ4n) is 0.639. The molecule has 0 spiro atoms. The van der Waals surface area contributed by atoms with Gasteiger partial charge in [-0.15, -0.1) is 15.3 Å². The number of nitrogens with one attached hydrogen (secondary N) is 1. The lowest BCUT2D eigenvalue weighted by Gasteiger charge is -1.87. The van der Waals surface area contributed by atoms with Crippen LogP contribution in [0.2, 0.25) is 0 Å². The van der Waals surface area contributed by atoms with Gasteiger partial charge in [0.2, 0.25) is 0 Å². The molecule has 0 atom stereocenters. The summed E-state index contributed by atoms with van der Waals surface area (Å²) in [5, 5.41) is 17.1. The number of H-pyrrole nitrogens is 1. The monoisotopic (exact) mass is 136 g/mol. The van der Waals surface area contributed by atoms with Crippen LogP contribution in [0.4, 0.5) is 0 Å². The van der Waals surface area contributed by atoms with Crippen LogP contribution in [-0.2, 0) is 0 Å². The van der Waals surface area contributed by atoms with Crippen LogP contribution in [0.15, 0.2) is 18.9 Å². The largest absolute Gasteiger partial charge is 0.269 e. The maximum Gasteiger partial charge on any atom is 0.181 e. The molecule has 0 unspecified atom stereocenters. The van der Waals surface area contributed by atoms with E-state index in [1.807, 2.05) is 0 Å². The normalized spacial score (nSPS) is 10.0. The molecule has 0 saturated carbocycles. The van der Waals surface area contributed by atoms with Crippen LogP contribution in [0.1, 0.15) is 0 Å². The fraction of sp³-hybridized carbons (Fsp3) is 0. The van der Waals surface area contributed by atoms with Gasteiger partial charge in [-0.05, 0) is 0 Å². The van der Waals surface area contributed by atoms with E-state index in [4.69, 9.17) is 0 Å². The SMILES string of the molecule is c1n[nH]nc1-n1cnnc1. The Kier molecular flexibility index (Phi) is 0.970. The highest BCUT2D eigenvalue weighted by Gasteiger charge is 1.95. The van der Waals surface area contributed by atoms with Crippen LogP contribution in [0.3, 0.4) is 0 Å². The molecule has 0 aliphatic heterocycles. The second-order valence-electron chi connectivity index (χ2n) is 1.70. The summed E-state index contributed by atoms with van der Waals surface area (Å²) in [6.07, 6.45) is 4.69. The van der Waals surface area contributed by atoms with E-state index in [1.54, 1.807) is 23.4 Å². The number of aromatic amines is 1. The van der Waals surface area contributed by atoms with Gasteiger partial charge in [0, 0.05) is 0 Å². The van der Waals surface area contributed by atoms with E-state index in [9.17, 15) is 0 Å². The third kappa shape index (κ3) is 0.661. The summed E-state index contributed by atoms with van der Waals surface area (Å²) >= 11 is 0. The topological polar surface area (TPSA) is 72.3 Å². The first kappa shape index (κ1) is 5.10. The van der Waals surface area contributed by atoms with Crippen molar-refractivity contribution in [1.29, 1.82) is 0 Å². The molecule has 6 heteroatoms. The Morgan fingerprint density at radius 1 is 1.30 bits per heavy atom. The van der Waals surface area contributed by atoms with E-state index in [-0.39, 0.29) is 0 Å². The third-order valence-corrected chi connectivity index (χ3v) is 1.09. The van der Waals surface area contributed by atoms with E-state index in [1.165, 1.54) is 0 Å². The summed E-state index contributed by atoms with van der Waals surface area (Å²) in [6, 6.07) is 0. The Morgan fingerprint density at radius 3 is 2.70 bits per heavy atom. The van der Waals surface area contributed by atoms with Gasteiger partial charge in [-0.25, -0.2) is 0 Å². The lowest BCUT2D eigenvalue weighted by atomic mass is 10.7. The van der Waals surface area contributed by atoms with Gasteiger partial charge in [-0.3, -0.25) is 4.57 Å². The Morgan fingerprint density at radius 2 is 2.10 bits per heavy atom. The second kappa shape index (κ2) is 1.90. The predicted molar refractivity (Wildman–Crippen MR) is 31.3 cm³/mol. The molecule has 0 saturated heterocycles. The molecular weight excluding hydrogens is 132 g/mol. The summed E-state index contributed by atoms with van der Waals surface area (Å²) in [6.45, 7) is 0. The lowest BCUT2D eigenvalue weighted by molar-refractivity contribution is 0.905. The molecule has 2 rings (SSSR count). The minimum Gasteiger partial charge on any atom is -0.269 e. The molecule has 0 amide bonds. The van der Waals surface area contributed by atoms with Gasteiger partial charge >= 0.3 is 0 Å². The predicted octanol–water partition coefficient (Wildman–Crippen LogP) is -0.615. The molecule has 0 aliphatic rings. The molecule has 0 bridgehead atoms. The summed E-state index contributed by atoms with van der Waals surface area (Å²) in [7, 11) is 0. The number of hydrogen-bond donors (Lipinski definition) is 1. The highest BCUT2D eigenvalue weighted by Crippen LogP contribution is 1.94. The quantitative estimate of drug-likeness (QED) is 0.567. The molecule has 2 heterocycles. The smallest absolute Gasteiger partial charge is 0.181 e. The highest BCUT2D eigenvalue weighted by molar-refractivity contribution is 5.12. The number of hydrogen-bond acceptors (Lipinski definition) is 4. The molecule has 2 aromatic heterocycles. The van der Waals surface area contributed by atoms with Crippen molar-refractivity contribution in [3.8, 4) is 5.82 Å². The van der Waals surface area contributed by atoms with Crippen molar-refractivity contribution < 1.29 is 0 Å². The standard InChI is InChI=1S/C4H4N6/c1-4(8-9-5-1)10-2-6-7-3-10/h1-3H,(H,5,8,9). The van der Waals surface area contributed by atoms with Gasteiger partial charge in [-0.2, -0.15) is 10.3 Å². The minimum absolute atomic E-state index is 0.685. The van der Waals surface area contributed by atoms with Gasteiger partial charge in [0.25, 0.3) is 0 Å². The first-order chi connectivity index (χ1) is 4.97. The van der Waals surface area contributed by atoms with E-state index >= 15 is 0 Å². The van der Waals surface area contributed by atoms with Crippen molar-refractivity contribution in [2.45, 2.75) is 0 Å². The maximum atomic E-state index is 3.81. The minimum atomic E-state index is 0.685. The Bertz CT molecular complexity index is 249. The van der Waals surface area contributed by atoms with Crippen molar-refractivity contribution in [2.24, 2.45) is 0 Å². The van der Waals surface area contributed by atoms with Gasteiger partial charge in [0.05, 0.1) is 6.20 Å². The molecule has 0 aromatic carbocycles. The third-order valence-electron chi connectivity index (χ3n) is 1.09. The molecular formula is C4H4N6. The van der Waals surface area contributed by atoms with Crippen LogP contribution >= 0.6 is 0 Å². The zero-order chi connectivity index (χ0) is 6.81. The number of aromatic nitrogens is 6. The molecule has 10 heavy (non-hydrogen) atoms. The van der Waals surface area contributed by atoms with Crippen molar-refractivity contribution in [3.05, 3.63) is 18.9 Å². The van der Waals surface area contributed by atoms with Crippen molar-refractivity contribution in [3.63, 3.8) is 0 Å². The molecule has 6 nitrogen and oxygen atoms in total. The van der Waals surface area contributed by atoms with E-state index in [0.717, 1.165) is 0 Å². The highest BCUT2D eigenvalue weighted by atomic mass is 15.4. The summed E-state index contributed by atoms with van der Waals surface area (Å²) < 4.78 is 1.66. The molecule has 0 radical (unpaired) electrons. The van der Waals surface area contributed by atoms with Crippen LogP contribution in [0, 0.1) is 0 Å². The van der Waals surface area contributed by atoms with Gasteiger partial charge in [0.1, 0.15) is 12.7 Å².